The first kappa shape index (κ1) is 26.7. The summed E-state index contributed by atoms with van der Waals surface area (Å²) in [5.41, 5.74) is 3.09. The highest BCUT2D eigenvalue weighted by molar-refractivity contribution is 5.85. The molecule has 2 aromatic heterocycles. The third-order valence-electron chi connectivity index (χ3n) is 6.40. The number of nitrogens with one attached hydrogen (secondary N) is 2. The van der Waals surface area contributed by atoms with Gasteiger partial charge in [-0.05, 0) is 56.5 Å². The van der Waals surface area contributed by atoms with Crippen molar-refractivity contribution in [2.75, 3.05) is 18.4 Å². The number of hydrogen-bond acceptors (Lipinski definition) is 5. The van der Waals surface area contributed by atoms with Crippen molar-refractivity contribution in [1.29, 1.82) is 0 Å². The molecule has 5 rings (SSSR count). The van der Waals surface area contributed by atoms with Gasteiger partial charge in [-0.3, -0.25) is 14.7 Å². The third-order valence-corrected chi connectivity index (χ3v) is 6.40. The van der Waals surface area contributed by atoms with E-state index >= 15 is 0 Å². The number of hydrogen-bond donors (Lipinski definition) is 2. The molecule has 0 bridgehead atoms. The fourth-order valence-electron chi connectivity index (χ4n) is 4.74. The van der Waals surface area contributed by atoms with E-state index < -0.39 is 0 Å². The van der Waals surface area contributed by atoms with Crippen molar-refractivity contribution in [3.05, 3.63) is 82.9 Å². The van der Waals surface area contributed by atoms with Gasteiger partial charge in [0.05, 0.1) is 6.33 Å². The molecule has 2 N–H and O–H groups in total. The van der Waals surface area contributed by atoms with Gasteiger partial charge < -0.3 is 9.88 Å². The van der Waals surface area contributed by atoms with Crippen LogP contribution in [0.2, 0.25) is 0 Å². The van der Waals surface area contributed by atoms with Gasteiger partial charge in [-0.1, -0.05) is 55.0 Å². The van der Waals surface area contributed by atoms with E-state index in [1.165, 1.54) is 31.4 Å². The second-order valence-electron chi connectivity index (χ2n) is 8.68. The zero-order chi connectivity index (χ0) is 22.5. The number of anilines is 2. The van der Waals surface area contributed by atoms with Crippen LogP contribution >= 0.6 is 24.8 Å². The standard InChI is InChI=1S/C26H30N6O.2ClH/c33-25-23-24(29-26(30-25)28-21-13-5-2-6-14-21)32(19-27-23)18-10-9-17-31-16-8-7-15-22(31)20-11-3-1-4-12-20;;/h1-6,11-14,19,22H,7-10,15-18H2,(H2,28,29,30,33);2*1H. The van der Waals surface area contributed by atoms with E-state index in [-0.39, 0.29) is 30.4 Å². The first-order chi connectivity index (χ1) is 16.3. The van der Waals surface area contributed by atoms with Crippen LogP contribution in [0.4, 0.5) is 11.6 Å². The van der Waals surface area contributed by atoms with Crippen molar-refractivity contribution < 1.29 is 0 Å². The number of halogens is 2. The van der Waals surface area contributed by atoms with E-state index in [0.29, 0.717) is 23.2 Å². The Morgan fingerprint density at radius 2 is 1.66 bits per heavy atom. The molecular weight excluding hydrogens is 483 g/mol. The predicted octanol–water partition coefficient (Wildman–Crippen LogP) is 5.71. The average molecular weight is 515 g/mol. The summed E-state index contributed by atoms with van der Waals surface area (Å²) in [6.07, 6.45) is 7.66. The fourth-order valence-corrected chi connectivity index (χ4v) is 4.74. The van der Waals surface area contributed by atoms with Crippen LogP contribution in [0.25, 0.3) is 11.2 Å². The normalized spacial score (nSPS) is 15.8. The maximum Gasteiger partial charge on any atom is 0.280 e. The number of imidazole rings is 1. The number of para-hydroxylation sites is 1. The monoisotopic (exact) mass is 514 g/mol. The largest absolute Gasteiger partial charge is 0.326 e. The number of benzene rings is 2. The van der Waals surface area contributed by atoms with Gasteiger partial charge in [0.15, 0.2) is 11.2 Å². The second kappa shape index (κ2) is 12.7. The SMILES string of the molecule is Cl.Cl.O=c1[nH]c(Nc2ccccc2)nc2c1ncn2CCCCN1CCCCC1c1ccccc1. The van der Waals surface area contributed by atoms with Gasteiger partial charge >= 0.3 is 0 Å². The highest BCUT2D eigenvalue weighted by Gasteiger charge is 2.23. The van der Waals surface area contributed by atoms with Gasteiger partial charge in [-0.25, -0.2) is 4.98 Å². The number of aromatic nitrogens is 4. The molecule has 9 heteroatoms. The quantitative estimate of drug-likeness (QED) is 0.294. The Morgan fingerprint density at radius 3 is 2.43 bits per heavy atom. The van der Waals surface area contributed by atoms with Crippen LogP contribution in [0.1, 0.15) is 43.7 Å². The number of rotatable bonds is 8. The summed E-state index contributed by atoms with van der Waals surface area (Å²) in [5, 5.41) is 3.17. The molecule has 3 heterocycles. The molecular formula is C26H32Cl2N6O. The zero-order valence-electron chi connectivity index (χ0n) is 19.6. The summed E-state index contributed by atoms with van der Waals surface area (Å²) in [7, 11) is 0. The average Bonchev–Trinajstić information content (AvgIpc) is 3.27. The lowest BCUT2D eigenvalue weighted by molar-refractivity contribution is 0.145. The molecule has 0 saturated carbocycles. The zero-order valence-corrected chi connectivity index (χ0v) is 21.2. The topological polar surface area (TPSA) is 78.8 Å². The molecule has 1 unspecified atom stereocenters. The van der Waals surface area contributed by atoms with Gasteiger partial charge in [0, 0.05) is 18.3 Å². The second-order valence-corrected chi connectivity index (χ2v) is 8.68. The molecule has 1 atom stereocenters. The smallest absolute Gasteiger partial charge is 0.280 e. The molecule has 0 amide bonds. The van der Waals surface area contributed by atoms with Crippen molar-refractivity contribution in [3.8, 4) is 0 Å². The number of fused-ring (bicyclic) bond motifs is 1. The highest BCUT2D eigenvalue weighted by Crippen LogP contribution is 2.30. The molecule has 0 spiro atoms. The van der Waals surface area contributed by atoms with Crippen molar-refractivity contribution in [1.82, 2.24) is 24.4 Å². The summed E-state index contributed by atoms with van der Waals surface area (Å²) in [6.45, 7) is 3.04. The molecule has 1 fully saturated rings. The third kappa shape index (κ3) is 6.42. The number of unbranched alkanes of at least 4 members (excludes halogenated alkanes) is 1. The molecule has 186 valence electrons. The first-order valence-electron chi connectivity index (χ1n) is 11.8. The minimum Gasteiger partial charge on any atom is -0.326 e. The van der Waals surface area contributed by atoms with E-state index in [4.69, 9.17) is 0 Å². The number of aryl methyl sites for hydroxylation is 1. The van der Waals surface area contributed by atoms with Gasteiger partial charge in [-0.2, -0.15) is 4.98 Å². The maximum atomic E-state index is 12.5. The van der Waals surface area contributed by atoms with Crippen LogP contribution in [0.3, 0.4) is 0 Å². The molecule has 35 heavy (non-hydrogen) atoms. The molecule has 2 aromatic carbocycles. The lowest BCUT2D eigenvalue weighted by atomic mass is 9.95. The minimum absolute atomic E-state index is 0. The molecule has 1 aliphatic heterocycles. The predicted molar refractivity (Wildman–Crippen MR) is 146 cm³/mol. The van der Waals surface area contributed by atoms with E-state index in [9.17, 15) is 4.79 Å². The summed E-state index contributed by atoms with van der Waals surface area (Å²) in [6, 6.07) is 21.1. The van der Waals surface area contributed by atoms with Gasteiger partial charge in [0.25, 0.3) is 5.56 Å². The molecule has 0 aliphatic carbocycles. The van der Waals surface area contributed by atoms with Crippen LogP contribution in [0.5, 0.6) is 0 Å². The summed E-state index contributed by atoms with van der Waals surface area (Å²) in [5.74, 6) is 0.430. The van der Waals surface area contributed by atoms with Crippen LogP contribution in [0.15, 0.2) is 71.8 Å². The van der Waals surface area contributed by atoms with Crippen LogP contribution in [0, 0.1) is 0 Å². The van der Waals surface area contributed by atoms with Gasteiger partial charge in [-0.15, -0.1) is 24.8 Å². The minimum atomic E-state index is -0.226. The van der Waals surface area contributed by atoms with E-state index in [1.807, 2.05) is 34.9 Å². The number of nitrogens with zero attached hydrogens (tertiary/aromatic N) is 4. The lowest BCUT2D eigenvalue weighted by Crippen LogP contribution is -2.34. The summed E-state index contributed by atoms with van der Waals surface area (Å²) >= 11 is 0. The maximum absolute atomic E-state index is 12.5. The van der Waals surface area contributed by atoms with E-state index in [2.05, 4.69) is 55.5 Å². The molecule has 1 saturated heterocycles. The fraction of sp³-hybridized carbons (Fsp3) is 0.346. The van der Waals surface area contributed by atoms with Crippen molar-refractivity contribution in [2.45, 2.75) is 44.7 Å². The van der Waals surface area contributed by atoms with Crippen molar-refractivity contribution in [2.24, 2.45) is 0 Å². The number of aromatic amines is 1. The van der Waals surface area contributed by atoms with Crippen LogP contribution < -0.4 is 10.9 Å². The Morgan fingerprint density at radius 1 is 0.943 bits per heavy atom. The van der Waals surface area contributed by atoms with E-state index in [0.717, 1.165) is 31.6 Å². The number of likely N-dealkylation sites (tertiary alicyclic amines) is 1. The Balaban J connectivity index is 0.00000171. The Kier molecular flexibility index (Phi) is 9.72. The Labute approximate surface area is 217 Å². The number of H-pyrrole nitrogens is 1. The summed E-state index contributed by atoms with van der Waals surface area (Å²) < 4.78 is 1.99. The van der Waals surface area contributed by atoms with Gasteiger partial charge in [0.2, 0.25) is 5.95 Å². The van der Waals surface area contributed by atoms with Crippen LogP contribution in [-0.4, -0.2) is 37.5 Å². The van der Waals surface area contributed by atoms with E-state index in [1.54, 1.807) is 6.33 Å². The molecule has 7 nitrogen and oxygen atoms in total. The Bertz CT molecular complexity index is 1250. The first-order valence-corrected chi connectivity index (χ1v) is 11.8. The lowest BCUT2D eigenvalue weighted by Gasteiger charge is -2.36. The van der Waals surface area contributed by atoms with Crippen LogP contribution in [-0.2, 0) is 6.54 Å². The summed E-state index contributed by atoms with van der Waals surface area (Å²) in [4.78, 5) is 26.8. The van der Waals surface area contributed by atoms with Crippen molar-refractivity contribution >= 4 is 47.6 Å². The molecule has 1 aliphatic rings. The molecule has 0 radical (unpaired) electrons. The molecule has 4 aromatic rings. The number of piperidine rings is 1. The highest BCUT2D eigenvalue weighted by atomic mass is 35.5. The van der Waals surface area contributed by atoms with Crippen molar-refractivity contribution in [3.63, 3.8) is 0 Å². The Hall–Kier alpha value is -2.87. The van der Waals surface area contributed by atoms with Gasteiger partial charge in [0.1, 0.15) is 0 Å².